The number of hydrogen-bond acceptors (Lipinski definition) is 8. The molecule has 0 radical (unpaired) electrons. The highest BCUT2D eigenvalue weighted by Gasteiger charge is 2.11. The number of hydrogen-bond donors (Lipinski definition) is 0. The molecule has 1 aromatic carbocycles. The Kier molecular flexibility index (Phi) is 5.45. The van der Waals surface area contributed by atoms with Gasteiger partial charge >= 0.3 is 0 Å². The minimum absolute atomic E-state index is 0.0821. The summed E-state index contributed by atoms with van der Waals surface area (Å²) in [5.41, 5.74) is 2.66. The standard InChI is InChI=1S/C19H19N5O2S2/c1-3-23(4-2)15-7-5-13(6-8-15)17-21-22-19(26-17)28-12-14-11-16(25)24-9-10-27-18(24)20-14/h5-11H,3-4,12H2,1-2H3. The Morgan fingerprint density at radius 1 is 1.18 bits per heavy atom. The Hall–Kier alpha value is -2.65. The molecule has 4 aromatic rings. The van der Waals surface area contributed by atoms with Crippen LogP contribution in [0.3, 0.4) is 0 Å². The van der Waals surface area contributed by atoms with E-state index in [0.29, 0.717) is 27.5 Å². The molecule has 28 heavy (non-hydrogen) atoms. The van der Waals surface area contributed by atoms with Crippen molar-refractivity contribution in [2.75, 3.05) is 18.0 Å². The second kappa shape index (κ2) is 8.15. The lowest BCUT2D eigenvalue weighted by atomic mass is 10.2. The summed E-state index contributed by atoms with van der Waals surface area (Å²) < 4.78 is 7.30. The van der Waals surface area contributed by atoms with Crippen molar-refractivity contribution in [2.24, 2.45) is 0 Å². The third-order valence-corrected chi connectivity index (χ3v) is 5.96. The van der Waals surface area contributed by atoms with Crippen LogP contribution in [0.1, 0.15) is 19.5 Å². The maximum absolute atomic E-state index is 12.0. The molecule has 0 bridgehead atoms. The summed E-state index contributed by atoms with van der Waals surface area (Å²) in [4.78, 5) is 19.5. The van der Waals surface area contributed by atoms with Crippen molar-refractivity contribution in [3.63, 3.8) is 0 Å². The van der Waals surface area contributed by atoms with Crippen LogP contribution in [0.5, 0.6) is 0 Å². The zero-order chi connectivity index (χ0) is 19.5. The van der Waals surface area contributed by atoms with E-state index in [4.69, 9.17) is 4.42 Å². The van der Waals surface area contributed by atoms with Crippen molar-refractivity contribution in [3.05, 3.63) is 58.0 Å². The normalized spacial score (nSPS) is 11.2. The van der Waals surface area contributed by atoms with Crippen molar-refractivity contribution in [1.29, 1.82) is 0 Å². The van der Waals surface area contributed by atoms with Gasteiger partial charge in [-0.1, -0.05) is 11.8 Å². The molecule has 0 spiro atoms. The second-order valence-electron chi connectivity index (χ2n) is 6.02. The average molecular weight is 414 g/mol. The number of thioether (sulfide) groups is 1. The molecule has 7 nitrogen and oxygen atoms in total. The molecule has 0 saturated heterocycles. The summed E-state index contributed by atoms with van der Waals surface area (Å²) in [5.74, 6) is 0.974. The molecular formula is C19H19N5O2S2. The van der Waals surface area contributed by atoms with Crippen molar-refractivity contribution in [2.45, 2.75) is 24.8 Å². The summed E-state index contributed by atoms with van der Waals surface area (Å²) in [6.07, 6.45) is 1.72. The molecule has 0 amide bonds. The molecule has 0 saturated carbocycles. The molecule has 3 aromatic heterocycles. The van der Waals surface area contributed by atoms with Crippen LogP contribution in [-0.4, -0.2) is 32.7 Å². The Bertz CT molecular complexity index is 1130. The molecule has 0 aliphatic carbocycles. The van der Waals surface area contributed by atoms with Gasteiger partial charge in [0.1, 0.15) is 0 Å². The highest BCUT2D eigenvalue weighted by atomic mass is 32.2. The van der Waals surface area contributed by atoms with E-state index < -0.39 is 0 Å². The number of anilines is 1. The van der Waals surface area contributed by atoms with Gasteiger partial charge in [-0.2, -0.15) is 0 Å². The van der Waals surface area contributed by atoms with E-state index in [-0.39, 0.29) is 5.56 Å². The zero-order valence-electron chi connectivity index (χ0n) is 15.5. The van der Waals surface area contributed by atoms with Crippen LogP contribution in [-0.2, 0) is 5.75 Å². The van der Waals surface area contributed by atoms with Gasteiger partial charge in [-0.3, -0.25) is 9.20 Å². The van der Waals surface area contributed by atoms with Gasteiger partial charge in [0.25, 0.3) is 10.8 Å². The lowest BCUT2D eigenvalue weighted by molar-refractivity contribution is 0.466. The third kappa shape index (κ3) is 3.81. The molecule has 0 atom stereocenters. The minimum atomic E-state index is -0.0821. The predicted octanol–water partition coefficient (Wildman–Crippen LogP) is 3.94. The van der Waals surface area contributed by atoms with E-state index in [2.05, 4.69) is 46.1 Å². The van der Waals surface area contributed by atoms with Crippen LogP contribution in [0.25, 0.3) is 16.4 Å². The number of nitrogens with zero attached hydrogens (tertiary/aromatic N) is 5. The lowest BCUT2D eigenvalue weighted by Crippen LogP contribution is -2.21. The van der Waals surface area contributed by atoms with Crippen LogP contribution in [0.4, 0.5) is 5.69 Å². The Morgan fingerprint density at radius 2 is 1.96 bits per heavy atom. The summed E-state index contributed by atoms with van der Waals surface area (Å²) in [5, 5.41) is 10.5. The second-order valence-corrected chi connectivity index (χ2v) is 7.82. The van der Waals surface area contributed by atoms with Gasteiger partial charge in [-0.05, 0) is 38.1 Å². The SMILES string of the molecule is CCN(CC)c1ccc(-c2nnc(SCc3cc(=O)n4ccsc4n3)o2)cc1. The van der Waals surface area contributed by atoms with Gasteiger partial charge in [-0.15, -0.1) is 21.5 Å². The van der Waals surface area contributed by atoms with E-state index in [1.54, 1.807) is 6.20 Å². The molecule has 0 aliphatic heterocycles. The van der Waals surface area contributed by atoms with Gasteiger partial charge in [0, 0.05) is 47.7 Å². The average Bonchev–Trinajstić information content (AvgIpc) is 3.38. The third-order valence-electron chi connectivity index (χ3n) is 4.35. The number of rotatable bonds is 7. The van der Waals surface area contributed by atoms with Gasteiger partial charge in [0.2, 0.25) is 5.89 Å². The number of thiazole rings is 1. The van der Waals surface area contributed by atoms with E-state index in [0.717, 1.165) is 18.7 Å². The molecule has 0 unspecified atom stereocenters. The summed E-state index contributed by atoms with van der Waals surface area (Å²) in [7, 11) is 0. The summed E-state index contributed by atoms with van der Waals surface area (Å²) in [6, 6.07) is 9.64. The molecule has 0 aliphatic rings. The van der Waals surface area contributed by atoms with E-state index in [1.165, 1.54) is 39.3 Å². The highest BCUT2D eigenvalue weighted by molar-refractivity contribution is 7.98. The lowest BCUT2D eigenvalue weighted by Gasteiger charge is -2.20. The van der Waals surface area contributed by atoms with Crippen LogP contribution < -0.4 is 10.5 Å². The van der Waals surface area contributed by atoms with Crippen molar-refractivity contribution in [1.82, 2.24) is 19.6 Å². The Labute approximate surface area is 170 Å². The van der Waals surface area contributed by atoms with Gasteiger partial charge in [-0.25, -0.2) is 4.98 Å². The topological polar surface area (TPSA) is 76.5 Å². The molecule has 144 valence electrons. The molecule has 0 N–H and O–H groups in total. The Morgan fingerprint density at radius 3 is 2.71 bits per heavy atom. The zero-order valence-corrected chi connectivity index (χ0v) is 17.2. The fourth-order valence-electron chi connectivity index (χ4n) is 2.89. The van der Waals surface area contributed by atoms with Crippen LogP contribution in [0, 0.1) is 0 Å². The van der Waals surface area contributed by atoms with Crippen LogP contribution >= 0.6 is 23.1 Å². The maximum Gasteiger partial charge on any atom is 0.277 e. The highest BCUT2D eigenvalue weighted by Crippen LogP contribution is 2.27. The predicted molar refractivity (Wildman–Crippen MR) is 112 cm³/mol. The Balaban J connectivity index is 1.46. The number of fused-ring (bicyclic) bond motifs is 1. The monoisotopic (exact) mass is 413 g/mol. The fraction of sp³-hybridized carbons (Fsp3) is 0.263. The molecule has 4 rings (SSSR count). The molecule has 3 heterocycles. The van der Waals surface area contributed by atoms with E-state index in [9.17, 15) is 4.79 Å². The van der Waals surface area contributed by atoms with Crippen molar-refractivity contribution >= 4 is 33.7 Å². The van der Waals surface area contributed by atoms with E-state index >= 15 is 0 Å². The van der Waals surface area contributed by atoms with E-state index in [1.807, 2.05) is 17.5 Å². The maximum atomic E-state index is 12.0. The molecule has 0 fully saturated rings. The summed E-state index contributed by atoms with van der Waals surface area (Å²) in [6.45, 7) is 6.20. The first kappa shape index (κ1) is 18.7. The van der Waals surface area contributed by atoms with Gasteiger partial charge in [0.05, 0.1) is 5.69 Å². The van der Waals surface area contributed by atoms with Crippen LogP contribution in [0.2, 0.25) is 0 Å². The van der Waals surface area contributed by atoms with Crippen LogP contribution in [0.15, 0.2) is 56.3 Å². The number of benzene rings is 1. The summed E-state index contributed by atoms with van der Waals surface area (Å²) >= 11 is 2.80. The van der Waals surface area contributed by atoms with Crippen molar-refractivity contribution in [3.8, 4) is 11.5 Å². The first-order valence-electron chi connectivity index (χ1n) is 8.95. The number of aromatic nitrogens is 4. The minimum Gasteiger partial charge on any atom is -0.411 e. The molecular weight excluding hydrogens is 394 g/mol. The first-order chi connectivity index (χ1) is 13.7. The largest absolute Gasteiger partial charge is 0.411 e. The van der Waals surface area contributed by atoms with Gasteiger partial charge < -0.3 is 9.32 Å². The fourth-order valence-corrected chi connectivity index (χ4v) is 4.28. The smallest absolute Gasteiger partial charge is 0.277 e. The van der Waals surface area contributed by atoms with Crippen molar-refractivity contribution < 1.29 is 4.42 Å². The quantitative estimate of drug-likeness (QED) is 0.425. The molecule has 9 heteroatoms. The van der Waals surface area contributed by atoms with Gasteiger partial charge in [0.15, 0.2) is 4.96 Å². The first-order valence-corrected chi connectivity index (χ1v) is 10.8.